The van der Waals surface area contributed by atoms with Crippen LogP contribution < -0.4 is 0 Å². The molecule has 0 spiro atoms. The van der Waals surface area contributed by atoms with Crippen molar-refractivity contribution in [1.82, 2.24) is 0 Å². The van der Waals surface area contributed by atoms with Gasteiger partial charge < -0.3 is 5.11 Å². The summed E-state index contributed by atoms with van der Waals surface area (Å²) in [4.78, 5) is 2.06. The number of hydrogen-bond acceptors (Lipinski definition) is 2. The summed E-state index contributed by atoms with van der Waals surface area (Å²) in [6.07, 6.45) is 0.392. The molecule has 4 heteroatoms. The van der Waals surface area contributed by atoms with Gasteiger partial charge in [-0.05, 0) is 49.7 Å². The van der Waals surface area contributed by atoms with Gasteiger partial charge in [-0.3, -0.25) is 0 Å². The minimum atomic E-state index is -0.966. The topological polar surface area (TPSA) is 20.2 Å². The van der Waals surface area contributed by atoms with E-state index in [4.69, 9.17) is 0 Å². The Morgan fingerprint density at radius 2 is 2.06 bits per heavy atom. The molecule has 96 valence electrons. The lowest BCUT2D eigenvalue weighted by molar-refractivity contribution is 0.0614. The lowest BCUT2D eigenvalue weighted by Crippen LogP contribution is -2.22. The summed E-state index contributed by atoms with van der Waals surface area (Å²) >= 11 is 4.83. The van der Waals surface area contributed by atoms with Crippen LogP contribution >= 0.6 is 27.3 Å². The fourth-order valence-electron chi connectivity index (χ4n) is 1.92. The first kappa shape index (κ1) is 13.7. The van der Waals surface area contributed by atoms with Gasteiger partial charge in [0.15, 0.2) is 0 Å². The van der Waals surface area contributed by atoms with E-state index in [1.165, 1.54) is 12.1 Å². The Labute approximate surface area is 118 Å². The number of halogens is 2. The van der Waals surface area contributed by atoms with Crippen LogP contribution in [0.3, 0.4) is 0 Å². The van der Waals surface area contributed by atoms with Crippen molar-refractivity contribution in [3.05, 3.63) is 55.9 Å². The molecule has 18 heavy (non-hydrogen) atoms. The molecule has 0 saturated heterocycles. The second kappa shape index (κ2) is 5.11. The van der Waals surface area contributed by atoms with Gasteiger partial charge in [0, 0.05) is 20.6 Å². The largest absolute Gasteiger partial charge is 0.384 e. The standard InChI is InChI=1S/C14H14BrFOS/c1-9-3-4-13(18-9)14(2,17)8-10-5-11(15)7-12(16)6-10/h3-7,17H,8H2,1-2H3. The zero-order chi connectivity index (χ0) is 13.3. The van der Waals surface area contributed by atoms with E-state index in [2.05, 4.69) is 15.9 Å². The highest BCUT2D eigenvalue weighted by Crippen LogP contribution is 2.31. The zero-order valence-electron chi connectivity index (χ0n) is 10.2. The van der Waals surface area contributed by atoms with Crippen molar-refractivity contribution in [2.75, 3.05) is 0 Å². The molecule has 1 N–H and O–H groups in total. The highest BCUT2D eigenvalue weighted by molar-refractivity contribution is 9.10. The highest BCUT2D eigenvalue weighted by atomic mass is 79.9. The van der Waals surface area contributed by atoms with Gasteiger partial charge in [0.2, 0.25) is 0 Å². The Bertz CT molecular complexity index is 542. The maximum atomic E-state index is 13.3. The first-order valence-electron chi connectivity index (χ1n) is 5.61. The number of rotatable bonds is 3. The number of thiophene rings is 1. The van der Waals surface area contributed by atoms with Gasteiger partial charge >= 0.3 is 0 Å². The van der Waals surface area contributed by atoms with Crippen LogP contribution in [0.25, 0.3) is 0 Å². The van der Waals surface area contributed by atoms with E-state index in [0.717, 1.165) is 15.3 Å². The van der Waals surface area contributed by atoms with Crippen molar-refractivity contribution in [1.29, 1.82) is 0 Å². The lowest BCUT2D eigenvalue weighted by atomic mass is 9.95. The normalized spacial score (nSPS) is 14.5. The smallest absolute Gasteiger partial charge is 0.124 e. The van der Waals surface area contributed by atoms with Crippen LogP contribution in [-0.2, 0) is 12.0 Å². The average molecular weight is 329 g/mol. The van der Waals surface area contributed by atoms with E-state index in [1.54, 1.807) is 18.3 Å². The quantitative estimate of drug-likeness (QED) is 0.884. The predicted octanol–water partition coefficient (Wildman–Crippen LogP) is 4.41. The Morgan fingerprint density at radius 1 is 1.33 bits per heavy atom. The molecule has 0 bridgehead atoms. The molecule has 1 heterocycles. The third kappa shape index (κ3) is 3.19. The van der Waals surface area contributed by atoms with Gasteiger partial charge in [0.1, 0.15) is 5.82 Å². The van der Waals surface area contributed by atoms with Crippen molar-refractivity contribution in [2.45, 2.75) is 25.9 Å². The molecule has 0 aliphatic rings. The average Bonchev–Trinajstić information content (AvgIpc) is 2.62. The molecule has 1 unspecified atom stereocenters. The SMILES string of the molecule is Cc1ccc(C(C)(O)Cc2cc(F)cc(Br)c2)s1. The molecule has 1 atom stereocenters. The summed E-state index contributed by atoms with van der Waals surface area (Å²) < 4.78 is 14.0. The molecule has 1 nitrogen and oxygen atoms in total. The molecular weight excluding hydrogens is 315 g/mol. The van der Waals surface area contributed by atoms with Crippen LogP contribution in [0.1, 0.15) is 22.2 Å². The first-order chi connectivity index (χ1) is 8.37. The molecule has 0 aliphatic carbocycles. The van der Waals surface area contributed by atoms with Gasteiger partial charge in [-0.1, -0.05) is 15.9 Å². The van der Waals surface area contributed by atoms with Gasteiger partial charge in [0.05, 0.1) is 5.60 Å². The Kier molecular flexibility index (Phi) is 3.90. The molecular formula is C14H14BrFOS. The fourth-order valence-corrected chi connectivity index (χ4v) is 3.35. The molecule has 0 aliphatic heterocycles. The number of aryl methyl sites for hydroxylation is 1. The molecule has 0 radical (unpaired) electrons. The monoisotopic (exact) mass is 328 g/mol. The van der Waals surface area contributed by atoms with Crippen LogP contribution in [0.2, 0.25) is 0 Å². The third-order valence-electron chi connectivity index (χ3n) is 2.74. The van der Waals surface area contributed by atoms with E-state index in [0.29, 0.717) is 10.9 Å². The molecule has 0 amide bonds. The van der Waals surface area contributed by atoms with E-state index in [9.17, 15) is 9.50 Å². The van der Waals surface area contributed by atoms with Gasteiger partial charge in [-0.25, -0.2) is 4.39 Å². The summed E-state index contributed by atoms with van der Waals surface area (Å²) in [6.45, 7) is 3.76. The number of benzene rings is 1. The summed E-state index contributed by atoms with van der Waals surface area (Å²) in [5.41, 5.74) is -0.190. The highest BCUT2D eigenvalue weighted by Gasteiger charge is 2.25. The van der Waals surface area contributed by atoms with Crippen LogP contribution in [0.5, 0.6) is 0 Å². The lowest BCUT2D eigenvalue weighted by Gasteiger charge is -2.22. The molecule has 2 aromatic rings. The van der Waals surface area contributed by atoms with Crippen molar-refractivity contribution in [3.8, 4) is 0 Å². The molecule has 0 saturated carbocycles. The maximum absolute atomic E-state index is 13.3. The minimum absolute atomic E-state index is 0.294. The van der Waals surface area contributed by atoms with Crippen molar-refractivity contribution in [3.63, 3.8) is 0 Å². The van der Waals surface area contributed by atoms with Gasteiger partial charge in [-0.15, -0.1) is 11.3 Å². The third-order valence-corrected chi connectivity index (χ3v) is 4.45. The summed E-state index contributed by atoms with van der Waals surface area (Å²) in [6, 6.07) is 8.61. The van der Waals surface area contributed by atoms with Crippen LogP contribution in [0, 0.1) is 12.7 Å². The van der Waals surface area contributed by atoms with Crippen LogP contribution in [0.4, 0.5) is 4.39 Å². The first-order valence-corrected chi connectivity index (χ1v) is 7.22. The maximum Gasteiger partial charge on any atom is 0.124 e. The molecule has 1 aromatic carbocycles. The van der Waals surface area contributed by atoms with E-state index >= 15 is 0 Å². The Hall–Kier alpha value is -0.710. The van der Waals surface area contributed by atoms with E-state index in [-0.39, 0.29) is 5.82 Å². The molecule has 1 aromatic heterocycles. The predicted molar refractivity (Wildman–Crippen MR) is 76.4 cm³/mol. The number of hydrogen-bond donors (Lipinski definition) is 1. The van der Waals surface area contributed by atoms with E-state index in [1.807, 2.05) is 25.1 Å². The summed E-state index contributed by atoms with van der Waals surface area (Å²) in [7, 11) is 0. The second-order valence-electron chi connectivity index (χ2n) is 4.64. The summed E-state index contributed by atoms with van der Waals surface area (Å²) in [5, 5.41) is 10.5. The minimum Gasteiger partial charge on any atom is -0.384 e. The zero-order valence-corrected chi connectivity index (χ0v) is 12.6. The van der Waals surface area contributed by atoms with E-state index < -0.39 is 5.60 Å². The Balaban J connectivity index is 2.26. The molecule has 2 rings (SSSR count). The van der Waals surface area contributed by atoms with Crippen molar-refractivity contribution >= 4 is 27.3 Å². The second-order valence-corrected chi connectivity index (χ2v) is 6.84. The van der Waals surface area contributed by atoms with Crippen LogP contribution in [-0.4, -0.2) is 5.11 Å². The van der Waals surface area contributed by atoms with Crippen molar-refractivity contribution in [2.24, 2.45) is 0 Å². The number of aliphatic hydroxyl groups is 1. The van der Waals surface area contributed by atoms with Gasteiger partial charge in [0.25, 0.3) is 0 Å². The summed E-state index contributed by atoms with van der Waals surface area (Å²) in [5.74, 6) is -0.294. The van der Waals surface area contributed by atoms with Crippen LogP contribution in [0.15, 0.2) is 34.8 Å². The fraction of sp³-hybridized carbons (Fsp3) is 0.286. The molecule has 0 fully saturated rings. The van der Waals surface area contributed by atoms with Crippen molar-refractivity contribution < 1.29 is 9.50 Å². The van der Waals surface area contributed by atoms with Gasteiger partial charge in [-0.2, -0.15) is 0 Å². The Morgan fingerprint density at radius 3 is 2.61 bits per heavy atom.